The lowest BCUT2D eigenvalue weighted by molar-refractivity contribution is -0.0582. The van der Waals surface area contributed by atoms with E-state index in [1.54, 1.807) is 92.0 Å². The van der Waals surface area contributed by atoms with Gasteiger partial charge in [-0.2, -0.15) is 0 Å². The maximum Gasteiger partial charge on any atom is 0.338 e. The second-order valence-electron chi connectivity index (χ2n) is 9.33. The normalized spacial score (nSPS) is 17.5. The van der Waals surface area contributed by atoms with Gasteiger partial charge in [0.1, 0.15) is 36.4 Å². The van der Waals surface area contributed by atoms with E-state index in [4.69, 9.17) is 18.9 Å². The van der Waals surface area contributed by atoms with E-state index in [-0.39, 0.29) is 18.6 Å². The predicted octanol–water partition coefficient (Wildman–Crippen LogP) is 3.32. The second-order valence-corrected chi connectivity index (χ2v) is 9.33. The van der Waals surface area contributed by atoms with Crippen molar-refractivity contribution in [3.05, 3.63) is 134 Å². The van der Waals surface area contributed by atoms with Crippen molar-refractivity contribution in [2.75, 3.05) is 13.7 Å². The van der Waals surface area contributed by atoms with Crippen molar-refractivity contribution in [2.45, 2.75) is 24.9 Å². The van der Waals surface area contributed by atoms with Gasteiger partial charge in [-0.05, 0) is 48.5 Å². The van der Waals surface area contributed by atoms with Crippen molar-refractivity contribution in [2.24, 2.45) is 0 Å². The Morgan fingerprint density at radius 1 is 0.905 bits per heavy atom. The lowest BCUT2D eigenvalue weighted by Gasteiger charge is -2.19. The molecule has 0 aliphatic carbocycles. The maximum absolute atomic E-state index is 12.8. The number of carbonyl (C=O) groups excluding carboxylic acids is 2. The van der Waals surface area contributed by atoms with E-state index >= 15 is 0 Å². The summed E-state index contributed by atoms with van der Waals surface area (Å²) in [7, 11) is 1.56. The number of nitrogens with zero attached hydrogens (tertiary/aromatic N) is 1. The van der Waals surface area contributed by atoms with Crippen LogP contribution >= 0.6 is 0 Å². The second kappa shape index (κ2) is 12.8. The molecule has 1 N–H and O–H groups in total. The fraction of sp³-hybridized carbons (Fsp3) is 0.188. The van der Waals surface area contributed by atoms with Crippen molar-refractivity contribution in [1.82, 2.24) is 9.55 Å². The van der Waals surface area contributed by atoms with Crippen molar-refractivity contribution >= 4 is 11.9 Å². The Labute approximate surface area is 240 Å². The molecule has 1 aromatic heterocycles. The SMILES string of the molecule is COc1ccc(C#Cc2cn([C@H]3C[C@H](OC(=O)c4ccccc4)[C@@H](COC(=O)c4ccccc4)O3)c(=O)[nH]c2=O)cc1. The third kappa shape index (κ3) is 6.66. The molecule has 3 atom stereocenters. The van der Waals surface area contributed by atoms with Crippen LogP contribution in [0.3, 0.4) is 0 Å². The van der Waals surface area contributed by atoms with E-state index in [0.29, 0.717) is 22.4 Å². The van der Waals surface area contributed by atoms with Gasteiger partial charge in [0.2, 0.25) is 0 Å². The molecule has 5 rings (SSSR count). The van der Waals surface area contributed by atoms with E-state index in [1.165, 1.54) is 10.8 Å². The maximum atomic E-state index is 12.8. The van der Waals surface area contributed by atoms with Crippen LogP contribution in [-0.2, 0) is 14.2 Å². The van der Waals surface area contributed by atoms with Crippen molar-refractivity contribution in [3.63, 3.8) is 0 Å². The van der Waals surface area contributed by atoms with E-state index in [2.05, 4.69) is 16.8 Å². The summed E-state index contributed by atoms with van der Waals surface area (Å²) in [5.41, 5.74) is -0.0325. The van der Waals surface area contributed by atoms with Gasteiger partial charge in [-0.15, -0.1) is 0 Å². The number of nitrogens with one attached hydrogen (secondary N) is 1. The molecule has 1 saturated heterocycles. The van der Waals surface area contributed by atoms with E-state index in [9.17, 15) is 19.2 Å². The van der Waals surface area contributed by atoms with E-state index < -0.39 is 41.6 Å². The number of aromatic amines is 1. The van der Waals surface area contributed by atoms with Crippen molar-refractivity contribution in [3.8, 4) is 17.6 Å². The molecule has 3 aromatic carbocycles. The fourth-order valence-corrected chi connectivity index (χ4v) is 4.34. The van der Waals surface area contributed by atoms with Gasteiger partial charge in [0, 0.05) is 18.2 Å². The summed E-state index contributed by atoms with van der Waals surface area (Å²) in [4.78, 5) is 53.0. The van der Waals surface area contributed by atoms with Crippen LogP contribution in [0, 0.1) is 11.8 Å². The molecule has 0 amide bonds. The Morgan fingerprint density at radius 3 is 2.19 bits per heavy atom. The molecule has 10 nitrogen and oxygen atoms in total. The summed E-state index contributed by atoms with van der Waals surface area (Å²) in [5.74, 6) is 5.17. The van der Waals surface area contributed by atoms with Crippen LogP contribution in [0.25, 0.3) is 0 Å². The van der Waals surface area contributed by atoms with Crippen LogP contribution in [0.4, 0.5) is 0 Å². The molecule has 0 saturated carbocycles. The molecule has 0 spiro atoms. The van der Waals surface area contributed by atoms with Crippen LogP contribution in [0.5, 0.6) is 5.75 Å². The Balaban J connectivity index is 1.38. The quantitative estimate of drug-likeness (QED) is 0.267. The largest absolute Gasteiger partial charge is 0.497 e. The summed E-state index contributed by atoms with van der Waals surface area (Å²) in [6, 6.07) is 23.8. The summed E-state index contributed by atoms with van der Waals surface area (Å²) >= 11 is 0. The zero-order valence-electron chi connectivity index (χ0n) is 22.5. The number of aromatic nitrogens is 2. The van der Waals surface area contributed by atoms with Gasteiger partial charge < -0.3 is 18.9 Å². The summed E-state index contributed by atoms with van der Waals surface area (Å²) in [5, 5.41) is 0. The number of hydrogen-bond acceptors (Lipinski definition) is 8. The van der Waals surface area contributed by atoms with Gasteiger partial charge >= 0.3 is 17.6 Å². The first-order valence-electron chi connectivity index (χ1n) is 13.1. The molecule has 1 aliphatic rings. The molecule has 0 unspecified atom stereocenters. The Morgan fingerprint density at radius 2 is 1.55 bits per heavy atom. The van der Waals surface area contributed by atoms with Gasteiger partial charge in [-0.3, -0.25) is 14.3 Å². The van der Waals surface area contributed by atoms with E-state index in [1.807, 2.05) is 0 Å². The van der Waals surface area contributed by atoms with Crippen LogP contribution in [0.2, 0.25) is 0 Å². The lowest BCUT2D eigenvalue weighted by atomic mass is 10.1. The molecular weight excluding hydrogens is 540 g/mol. The number of benzene rings is 3. The summed E-state index contributed by atoms with van der Waals surface area (Å²) in [6.45, 7) is -0.237. The van der Waals surface area contributed by atoms with Gasteiger partial charge in [0.05, 0.1) is 18.2 Å². The Hall–Kier alpha value is -5.40. The first kappa shape index (κ1) is 28.1. The highest BCUT2D eigenvalue weighted by molar-refractivity contribution is 5.90. The minimum atomic E-state index is -0.940. The average Bonchev–Trinajstić information content (AvgIpc) is 3.42. The number of esters is 2. The van der Waals surface area contributed by atoms with Gasteiger partial charge in [-0.1, -0.05) is 48.2 Å². The molecule has 1 aliphatic heterocycles. The highest BCUT2D eigenvalue weighted by Gasteiger charge is 2.40. The third-order valence-electron chi connectivity index (χ3n) is 6.55. The number of rotatable bonds is 7. The molecule has 4 aromatic rings. The minimum absolute atomic E-state index is 0.0332. The van der Waals surface area contributed by atoms with Crippen LogP contribution < -0.4 is 16.0 Å². The van der Waals surface area contributed by atoms with Crippen molar-refractivity contribution < 1.29 is 28.5 Å². The molecule has 2 heterocycles. The first-order chi connectivity index (χ1) is 20.4. The number of carbonyl (C=O) groups is 2. The van der Waals surface area contributed by atoms with Crippen LogP contribution in [0.1, 0.15) is 44.5 Å². The van der Waals surface area contributed by atoms with Crippen molar-refractivity contribution in [1.29, 1.82) is 0 Å². The van der Waals surface area contributed by atoms with Crippen LogP contribution in [-0.4, -0.2) is 47.4 Å². The van der Waals surface area contributed by atoms with Crippen LogP contribution in [0.15, 0.2) is 101 Å². The topological polar surface area (TPSA) is 126 Å². The summed E-state index contributed by atoms with van der Waals surface area (Å²) in [6.07, 6.45) is -1.33. The van der Waals surface area contributed by atoms with Gasteiger partial charge in [-0.25, -0.2) is 14.4 Å². The number of methoxy groups -OCH3 is 1. The first-order valence-corrected chi connectivity index (χ1v) is 13.1. The number of ether oxygens (including phenoxy) is 4. The standard InChI is InChI=1S/C32H26N2O8/c1-39-25-16-13-21(14-17-25)12-15-24-19-34(32(38)33-29(24)35)28-18-26(42-31(37)23-10-6-3-7-11-23)27(41-28)20-40-30(36)22-8-4-2-5-9-22/h2-11,13-14,16-17,19,26-28H,18,20H2,1H3,(H,33,35,38)/t26-,27+,28+/m0/s1. The smallest absolute Gasteiger partial charge is 0.338 e. The number of hydrogen-bond donors (Lipinski definition) is 1. The fourth-order valence-electron chi connectivity index (χ4n) is 4.34. The molecule has 10 heteroatoms. The molecule has 42 heavy (non-hydrogen) atoms. The Bertz CT molecular complexity index is 1740. The monoisotopic (exact) mass is 566 g/mol. The zero-order valence-corrected chi connectivity index (χ0v) is 22.5. The highest BCUT2D eigenvalue weighted by atomic mass is 16.6. The molecule has 1 fully saturated rings. The third-order valence-corrected chi connectivity index (χ3v) is 6.55. The molecule has 0 radical (unpaired) electrons. The lowest BCUT2D eigenvalue weighted by Crippen LogP contribution is -2.34. The molecular formula is C32H26N2O8. The molecule has 0 bridgehead atoms. The van der Waals surface area contributed by atoms with Gasteiger partial charge in [0.15, 0.2) is 0 Å². The predicted molar refractivity (Wildman–Crippen MR) is 151 cm³/mol. The van der Waals surface area contributed by atoms with E-state index in [0.717, 1.165) is 0 Å². The average molecular weight is 567 g/mol. The zero-order chi connectivity index (χ0) is 29.5. The number of H-pyrrole nitrogens is 1. The van der Waals surface area contributed by atoms with Gasteiger partial charge in [0.25, 0.3) is 5.56 Å². The molecule has 212 valence electrons. The highest BCUT2D eigenvalue weighted by Crippen LogP contribution is 2.31. The Kier molecular flexibility index (Phi) is 8.61. The minimum Gasteiger partial charge on any atom is -0.497 e. The summed E-state index contributed by atoms with van der Waals surface area (Å²) < 4.78 is 23.6.